The summed E-state index contributed by atoms with van der Waals surface area (Å²) in [6.45, 7) is 1.78. The van der Waals surface area contributed by atoms with Crippen LogP contribution in [0.2, 0.25) is 0 Å². The zero-order valence-electron chi connectivity index (χ0n) is 11.4. The molecule has 0 bridgehead atoms. The number of benzene rings is 2. The zero-order valence-corrected chi connectivity index (χ0v) is 13.0. The van der Waals surface area contributed by atoms with Gasteiger partial charge in [-0.2, -0.15) is 0 Å². The molecule has 2 rings (SSSR count). The summed E-state index contributed by atoms with van der Waals surface area (Å²) in [6.07, 6.45) is 1.44. The minimum Gasteiger partial charge on any atom is -0.258 e. The van der Waals surface area contributed by atoms with E-state index < -0.39 is 9.85 Å². The van der Waals surface area contributed by atoms with Crippen LogP contribution in [-0.2, 0) is 0 Å². The third-order valence-electron chi connectivity index (χ3n) is 2.92. The number of nitro groups is 2. The molecule has 8 heteroatoms. The van der Waals surface area contributed by atoms with E-state index in [0.29, 0.717) is 15.7 Å². The Morgan fingerprint density at radius 3 is 2.45 bits per heavy atom. The second-order valence-corrected chi connectivity index (χ2v) is 5.31. The van der Waals surface area contributed by atoms with E-state index in [4.69, 9.17) is 0 Å². The lowest BCUT2D eigenvalue weighted by Crippen LogP contribution is -1.92. The Balaban J connectivity index is 2.36. The van der Waals surface area contributed by atoms with E-state index in [9.17, 15) is 20.2 Å². The number of non-ortho nitro benzene ring substituents is 1. The van der Waals surface area contributed by atoms with E-state index in [1.807, 2.05) is 0 Å². The van der Waals surface area contributed by atoms with Crippen molar-refractivity contribution in [1.29, 1.82) is 0 Å². The molecule has 2 aromatic carbocycles. The number of nitrogens with zero attached hydrogens (tertiary/aromatic N) is 3. The molecule has 0 amide bonds. The van der Waals surface area contributed by atoms with Crippen molar-refractivity contribution in [2.45, 2.75) is 6.92 Å². The van der Waals surface area contributed by atoms with Crippen molar-refractivity contribution in [2.75, 3.05) is 0 Å². The average Bonchev–Trinajstić information content (AvgIpc) is 2.47. The van der Waals surface area contributed by atoms with E-state index in [1.165, 1.54) is 24.4 Å². The van der Waals surface area contributed by atoms with Gasteiger partial charge in [-0.25, -0.2) is 0 Å². The Morgan fingerprint density at radius 1 is 1.09 bits per heavy atom. The first-order valence-corrected chi connectivity index (χ1v) is 6.91. The van der Waals surface area contributed by atoms with Gasteiger partial charge in [0.2, 0.25) is 0 Å². The SMILES string of the molecule is Cc1ccc([N+](=O)[O-])cc1N=Cc1ccc(Br)c([N+](=O)[O-])c1. The van der Waals surface area contributed by atoms with Crippen molar-refractivity contribution in [1.82, 2.24) is 0 Å². The summed E-state index contributed by atoms with van der Waals surface area (Å²) in [4.78, 5) is 24.8. The molecule has 0 aliphatic carbocycles. The van der Waals surface area contributed by atoms with Gasteiger partial charge in [-0.05, 0) is 40.0 Å². The summed E-state index contributed by atoms with van der Waals surface area (Å²) in [6, 6.07) is 8.96. The zero-order chi connectivity index (χ0) is 16.3. The summed E-state index contributed by atoms with van der Waals surface area (Å²) in [5.41, 5.74) is 1.62. The minimum atomic E-state index is -0.500. The molecule has 0 radical (unpaired) electrons. The van der Waals surface area contributed by atoms with Gasteiger partial charge in [0.15, 0.2) is 0 Å². The molecule has 0 saturated heterocycles. The number of rotatable bonds is 4. The van der Waals surface area contributed by atoms with Crippen LogP contribution in [0.5, 0.6) is 0 Å². The van der Waals surface area contributed by atoms with E-state index >= 15 is 0 Å². The van der Waals surface area contributed by atoms with Gasteiger partial charge in [0.1, 0.15) is 0 Å². The van der Waals surface area contributed by atoms with Crippen LogP contribution in [0, 0.1) is 27.2 Å². The summed E-state index contributed by atoms with van der Waals surface area (Å²) in [5.74, 6) is 0. The molecular weight excluding hydrogens is 354 g/mol. The Hall–Kier alpha value is -2.61. The maximum absolute atomic E-state index is 10.9. The van der Waals surface area contributed by atoms with Crippen LogP contribution in [0.25, 0.3) is 0 Å². The maximum Gasteiger partial charge on any atom is 0.284 e. The highest BCUT2D eigenvalue weighted by Crippen LogP contribution is 2.27. The molecule has 0 N–H and O–H groups in total. The Labute approximate surface area is 133 Å². The first-order valence-electron chi connectivity index (χ1n) is 6.11. The van der Waals surface area contributed by atoms with E-state index in [1.54, 1.807) is 25.1 Å². The smallest absolute Gasteiger partial charge is 0.258 e. The third kappa shape index (κ3) is 3.53. The fraction of sp³-hybridized carbons (Fsp3) is 0.0714. The number of halogens is 1. The summed E-state index contributed by atoms with van der Waals surface area (Å²) in [5, 5.41) is 21.6. The monoisotopic (exact) mass is 363 g/mol. The van der Waals surface area contributed by atoms with E-state index in [2.05, 4.69) is 20.9 Å². The topological polar surface area (TPSA) is 98.6 Å². The first kappa shape index (κ1) is 15.8. The largest absolute Gasteiger partial charge is 0.284 e. The number of hydrogen-bond donors (Lipinski definition) is 0. The van der Waals surface area contributed by atoms with Crippen LogP contribution < -0.4 is 0 Å². The van der Waals surface area contributed by atoms with Gasteiger partial charge in [-0.15, -0.1) is 0 Å². The minimum absolute atomic E-state index is 0.0560. The van der Waals surface area contributed by atoms with Gasteiger partial charge in [0, 0.05) is 24.4 Å². The maximum atomic E-state index is 10.9. The Kier molecular flexibility index (Phi) is 4.62. The van der Waals surface area contributed by atoms with Crippen LogP contribution in [0.15, 0.2) is 45.9 Å². The average molecular weight is 364 g/mol. The molecule has 0 aliphatic rings. The molecule has 0 fully saturated rings. The molecule has 2 aromatic rings. The van der Waals surface area contributed by atoms with Crippen LogP contribution in [0.4, 0.5) is 17.1 Å². The fourth-order valence-corrected chi connectivity index (χ4v) is 2.14. The van der Waals surface area contributed by atoms with Crippen molar-refractivity contribution >= 4 is 39.2 Å². The van der Waals surface area contributed by atoms with Gasteiger partial charge >= 0.3 is 0 Å². The molecule has 22 heavy (non-hydrogen) atoms. The summed E-state index contributed by atoms with van der Waals surface area (Å²) < 4.78 is 0.376. The lowest BCUT2D eigenvalue weighted by molar-refractivity contribution is -0.385. The van der Waals surface area contributed by atoms with Crippen molar-refractivity contribution < 1.29 is 9.85 Å². The molecule has 7 nitrogen and oxygen atoms in total. The highest BCUT2D eigenvalue weighted by Gasteiger charge is 2.12. The van der Waals surface area contributed by atoms with Crippen molar-refractivity contribution in [3.8, 4) is 0 Å². The normalized spacial score (nSPS) is 10.8. The van der Waals surface area contributed by atoms with Crippen molar-refractivity contribution in [3.63, 3.8) is 0 Å². The lowest BCUT2D eigenvalue weighted by atomic mass is 10.2. The molecular formula is C14H10BrN3O4. The molecule has 0 atom stereocenters. The Morgan fingerprint density at radius 2 is 1.82 bits per heavy atom. The quantitative estimate of drug-likeness (QED) is 0.458. The second kappa shape index (κ2) is 6.44. The summed E-state index contributed by atoms with van der Waals surface area (Å²) >= 11 is 3.10. The number of nitro benzene ring substituents is 2. The third-order valence-corrected chi connectivity index (χ3v) is 3.59. The van der Waals surface area contributed by atoms with Gasteiger partial charge < -0.3 is 0 Å². The molecule has 0 heterocycles. The van der Waals surface area contributed by atoms with Crippen LogP contribution in [-0.4, -0.2) is 16.1 Å². The van der Waals surface area contributed by atoms with E-state index in [-0.39, 0.29) is 11.4 Å². The predicted octanol–water partition coefficient (Wildman–Crippen LogP) is 4.32. The molecule has 0 aliphatic heterocycles. The van der Waals surface area contributed by atoms with E-state index in [0.717, 1.165) is 5.56 Å². The second-order valence-electron chi connectivity index (χ2n) is 4.45. The highest BCUT2D eigenvalue weighted by atomic mass is 79.9. The van der Waals surface area contributed by atoms with Crippen LogP contribution in [0.3, 0.4) is 0 Å². The predicted molar refractivity (Wildman–Crippen MR) is 85.9 cm³/mol. The molecule has 0 spiro atoms. The van der Waals surface area contributed by atoms with Crippen molar-refractivity contribution in [3.05, 3.63) is 72.2 Å². The van der Waals surface area contributed by atoms with Crippen LogP contribution in [0.1, 0.15) is 11.1 Å². The number of aryl methyl sites for hydroxylation is 1. The molecule has 0 aromatic heterocycles. The molecule has 0 unspecified atom stereocenters. The van der Waals surface area contributed by atoms with Gasteiger partial charge in [-0.1, -0.05) is 12.1 Å². The van der Waals surface area contributed by atoms with Gasteiger partial charge in [-0.3, -0.25) is 25.2 Å². The number of hydrogen-bond acceptors (Lipinski definition) is 5. The van der Waals surface area contributed by atoms with Crippen LogP contribution >= 0.6 is 15.9 Å². The number of aliphatic imine (C=N–C) groups is 1. The summed E-state index contributed by atoms with van der Waals surface area (Å²) in [7, 11) is 0. The van der Waals surface area contributed by atoms with Gasteiger partial charge in [0.05, 0.1) is 20.0 Å². The standard InChI is InChI=1S/C14H10BrN3O4/c1-9-2-4-11(17(19)20)7-13(9)16-8-10-3-5-12(15)14(6-10)18(21)22/h2-8H,1H3. The fourth-order valence-electron chi connectivity index (χ4n) is 1.74. The first-order chi connectivity index (χ1) is 10.4. The highest BCUT2D eigenvalue weighted by molar-refractivity contribution is 9.10. The van der Waals surface area contributed by atoms with Crippen molar-refractivity contribution in [2.24, 2.45) is 4.99 Å². The molecule has 112 valence electrons. The van der Waals surface area contributed by atoms with Gasteiger partial charge in [0.25, 0.3) is 11.4 Å². The lowest BCUT2D eigenvalue weighted by Gasteiger charge is -2.00. The molecule has 0 saturated carbocycles. The Bertz CT molecular complexity index is 790.